The van der Waals surface area contributed by atoms with E-state index in [0.717, 1.165) is 29.7 Å². The molecule has 4 aromatic rings. The van der Waals surface area contributed by atoms with E-state index in [0.29, 0.717) is 23.1 Å². The molecule has 0 saturated carbocycles. The van der Waals surface area contributed by atoms with Gasteiger partial charge in [0.1, 0.15) is 0 Å². The number of hydrogen-bond donors (Lipinski definition) is 2. The number of aryl methyl sites for hydroxylation is 1. The third-order valence-electron chi connectivity index (χ3n) is 4.94. The molecule has 0 aliphatic heterocycles. The molecule has 0 fully saturated rings. The van der Waals surface area contributed by atoms with Crippen LogP contribution in [0.15, 0.2) is 72.4 Å². The van der Waals surface area contributed by atoms with Gasteiger partial charge in [-0.25, -0.2) is 15.0 Å². The van der Waals surface area contributed by atoms with Gasteiger partial charge in [0.2, 0.25) is 5.91 Å². The maximum Gasteiger partial charge on any atom is 0.260 e. The first-order chi connectivity index (χ1) is 16.1. The molecule has 0 bridgehead atoms. The average Bonchev–Trinajstić information content (AvgIpc) is 3.31. The number of nitrogens with one attached hydrogen (secondary N) is 2. The molecule has 166 valence electrons. The number of aromatic nitrogens is 3. The Labute approximate surface area is 196 Å². The van der Waals surface area contributed by atoms with Crippen molar-refractivity contribution in [1.29, 1.82) is 0 Å². The molecule has 2 aromatic heterocycles. The van der Waals surface area contributed by atoms with Crippen LogP contribution in [0.5, 0.6) is 0 Å². The average molecular weight is 458 g/mol. The molecule has 8 heteroatoms. The molecule has 0 unspecified atom stereocenters. The van der Waals surface area contributed by atoms with Gasteiger partial charge in [-0.05, 0) is 18.4 Å². The van der Waals surface area contributed by atoms with Crippen molar-refractivity contribution in [3.8, 4) is 22.6 Å². The Bertz CT molecular complexity index is 1220. The molecule has 7 nitrogen and oxygen atoms in total. The van der Waals surface area contributed by atoms with Crippen LogP contribution < -0.4 is 10.6 Å². The van der Waals surface area contributed by atoms with E-state index in [9.17, 15) is 9.59 Å². The number of hydrogen-bond acceptors (Lipinski definition) is 6. The van der Waals surface area contributed by atoms with Crippen molar-refractivity contribution < 1.29 is 9.59 Å². The summed E-state index contributed by atoms with van der Waals surface area (Å²) in [5.41, 5.74) is 4.25. The van der Waals surface area contributed by atoms with Crippen LogP contribution in [0, 0.1) is 0 Å². The molecule has 0 aliphatic carbocycles. The van der Waals surface area contributed by atoms with E-state index < -0.39 is 0 Å². The van der Waals surface area contributed by atoms with E-state index in [4.69, 9.17) is 0 Å². The molecule has 2 N–H and O–H groups in total. The second-order valence-corrected chi connectivity index (χ2v) is 8.29. The number of anilines is 1. The van der Waals surface area contributed by atoms with Gasteiger partial charge in [0, 0.05) is 42.4 Å². The standard InChI is InChI=1S/C25H23N5O2S/c1-17(31)26-13-5-6-18-9-11-19(12-10-18)22-16-33-25(29-22)30-24(32)21-14-27-23(28-15-21)20-7-3-2-4-8-20/h2-4,7-12,14-16H,5-6,13H2,1H3,(H,26,31)(H,29,30,32). The molecule has 0 spiro atoms. The molecule has 0 saturated heterocycles. The van der Waals surface area contributed by atoms with Gasteiger partial charge in [-0.15, -0.1) is 11.3 Å². The number of thiazole rings is 1. The van der Waals surface area contributed by atoms with Crippen molar-refractivity contribution in [3.05, 3.63) is 83.5 Å². The van der Waals surface area contributed by atoms with Crippen molar-refractivity contribution >= 4 is 28.3 Å². The second-order valence-electron chi connectivity index (χ2n) is 7.44. The first-order valence-corrected chi connectivity index (χ1v) is 11.4. The Balaban J connectivity index is 1.34. The summed E-state index contributed by atoms with van der Waals surface area (Å²) in [6.07, 6.45) is 4.82. The highest BCUT2D eigenvalue weighted by Crippen LogP contribution is 2.26. The Hall–Kier alpha value is -3.91. The summed E-state index contributed by atoms with van der Waals surface area (Å²) >= 11 is 1.37. The summed E-state index contributed by atoms with van der Waals surface area (Å²) in [7, 11) is 0. The third kappa shape index (κ3) is 6.08. The van der Waals surface area contributed by atoms with Crippen molar-refractivity contribution in [2.45, 2.75) is 19.8 Å². The predicted octanol–water partition coefficient (Wildman–Crippen LogP) is 4.59. The Morgan fingerprint density at radius 1 is 0.939 bits per heavy atom. The van der Waals surface area contributed by atoms with Gasteiger partial charge < -0.3 is 5.32 Å². The maximum absolute atomic E-state index is 12.6. The molecule has 33 heavy (non-hydrogen) atoms. The van der Waals surface area contributed by atoms with Crippen molar-refractivity contribution in [1.82, 2.24) is 20.3 Å². The van der Waals surface area contributed by atoms with E-state index in [2.05, 4.69) is 37.7 Å². The highest BCUT2D eigenvalue weighted by atomic mass is 32.1. The van der Waals surface area contributed by atoms with Crippen LogP contribution in [-0.4, -0.2) is 33.3 Å². The fraction of sp³-hybridized carbons (Fsp3) is 0.160. The van der Waals surface area contributed by atoms with Crippen molar-refractivity contribution in [2.75, 3.05) is 11.9 Å². The lowest BCUT2D eigenvalue weighted by molar-refractivity contribution is -0.118. The number of benzene rings is 2. The van der Waals surface area contributed by atoms with Crippen LogP contribution in [0.2, 0.25) is 0 Å². The normalized spacial score (nSPS) is 10.6. The van der Waals surface area contributed by atoms with Crippen LogP contribution in [0.1, 0.15) is 29.3 Å². The zero-order chi connectivity index (χ0) is 23.0. The fourth-order valence-electron chi connectivity index (χ4n) is 3.21. The lowest BCUT2D eigenvalue weighted by atomic mass is 10.1. The highest BCUT2D eigenvalue weighted by Gasteiger charge is 2.12. The zero-order valence-electron chi connectivity index (χ0n) is 18.1. The zero-order valence-corrected chi connectivity index (χ0v) is 18.9. The molecular weight excluding hydrogens is 434 g/mol. The minimum Gasteiger partial charge on any atom is -0.356 e. The first-order valence-electron chi connectivity index (χ1n) is 10.6. The molecule has 0 aliphatic rings. The summed E-state index contributed by atoms with van der Waals surface area (Å²) in [6.45, 7) is 2.20. The van der Waals surface area contributed by atoms with Crippen LogP contribution >= 0.6 is 11.3 Å². The minimum atomic E-state index is -0.301. The monoisotopic (exact) mass is 457 g/mol. The Morgan fingerprint density at radius 2 is 1.67 bits per heavy atom. The molecule has 2 amide bonds. The molecule has 0 atom stereocenters. The van der Waals surface area contributed by atoms with Gasteiger partial charge in [-0.3, -0.25) is 14.9 Å². The van der Waals surface area contributed by atoms with Gasteiger partial charge in [-0.1, -0.05) is 54.6 Å². The highest BCUT2D eigenvalue weighted by molar-refractivity contribution is 7.14. The Kier molecular flexibility index (Phi) is 7.16. The second kappa shape index (κ2) is 10.6. The van der Waals surface area contributed by atoms with E-state index in [1.54, 1.807) is 0 Å². The van der Waals surface area contributed by atoms with Crippen molar-refractivity contribution in [2.24, 2.45) is 0 Å². The lowest BCUT2D eigenvalue weighted by Gasteiger charge is -2.04. The molecule has 4 rings (SSSR count). The summed E-state index contributed by atoms with van der Waals surface area (Å²) < 4.78 is 0. The van der Waals surface area contributed by atoms with E-state index in [-0.39, 0.29) is 11.8 Å². The van der Waals surface area contributed by atoms with Gasteiger partial charge in [0.05, 0.1) is 11.3 Å². The quantitative estimate of drug-likeness (QED) is 0.377. The van der Waals surface area contributed by atoms with E-state index in [1.165, 1.54) is 36.2 Å². The summed E-state index contributed by atoms with van der Waals surface area (Å²) in [5, 5.41) is 8.05. The summed E-state index contributed by atoms with van der Waals surface area (Å²) in [6, 6.07) is 17.8. The molecule has 2 aromatic carbocycles. The van der Waals surface area contributed by atoms with Crippen LogP contribution in [-0.2, 0) is 11.2 Å². The first kappa shape index (κ1) is 22.3. The van der Waals surface area contributed by atoms with Gasteiger partial charge in [0.25, 0.3) is 5.91 Å². The van der Waals surface area contributed by atoms with Gasteiger partial charge in [0.15, 0.2) is 11.0 Å². The van der Waals surface area contributed by atoms with E-state index >= 15 is 0 Å². The SMILES string of the molecule is CC(=O)NCCCc1ccc(-c2csc(NC(=O)c3cnc(-c4ccccc4)nc3)n2)cc1. The molecule has 0 radical (unpaired) electrons. The fourth-order valence-corrected chi connectivity index (χ4v) is 3.93. The van der Waals surface area contributed by atoms with Crippen molar-refractivity contribution in [3.63, 3.8) is 0 Å². The van der Waals surface area contributed by atoms with Gasteiger partial charge >= 0.3 is 0 Å². The van der Waals surface area contributed by atoms with Crippen LogP contribution in [0.3, 0.4) is 0 Å². The van der Waals surface area contributed by atoms with Crippen LogP contribution in [0.4, 0.5) is 5.13 Å². The van der Waals surface area contributed by atoms with Gasteiger partial charge in [-0.2, -0.15) is 0 Å². The minimum absolute atomic E-state index is 0.00602. The van der Waals surface area contributed by atoms with Crippen LogP contribution in [0.25, 0.3) is 22.6 Å². The number of amides is 2. The topological polar surface area (TPSA) is 96.9 Å². The lowest BCUT2D eigenvalue weighted by Crippen LogP contribution is -2.21. The smallest absolute Gasteiger partial charge is 0.260 e. The maximum atomic E-state index is 12.6. The molecular formula is C25H23N5O2S. The summed E-state index contributed by atoms with van der Waals surface area (Å²) in [4.78, 5) is 36.6. The third-order valence-corrected chi connectivity index (χ3v) is 5.69. The number of rotatable bonds is 8. The summed E-state index contributed by atoms with van der Waals surface area (Å²) in [5.74, 6) is 0.265. The molecule has 2 heterocycles. The van der Waals surface area contributed by atoms with E-state index in [1.807, 2.05) is 47.8 Å². The predicted molar refractivity (Wildman–Crippen MR) is 130 cm³/mol. The number of nitrogens with zero attached hydrogens (tertiary/aromatic N) is 3. The number of carbonyl (C=O) groups is 2. The largest absolute Gasteiger partial charge is 0.356 e. The Morgan fingerprint density at radius 3 is 2.36 bits per heavy atom. The number of carbonyl (C=O) groups excluding carboxylic acids is 2.